The van der Waals surface area contributed by atoms with E-state index in [-0.39, 0.29) is 17.6 Å². The summed E-state index contributed by atoms with van der Waals surface area (Å²) < 4.78 is 31.5. The molecule has 8 nitrogen and oxygen atoms in total. The van der Waals surface area contributed by atoms with E-state index in [9.17, 15) is 13.7 Å². The summed E-state index contributed by atoms with van der Waals surface area (Å²) in [4.78, 5) is 5.52. The number of allylic oxidation sites excluding steroid dienone is 2. The van der Waals surface area contributed by atoms with Gasteiger partial charge < -0.3 is 9.57 Å². The Kier molecular flexibility index (Phi) is 7.93. The number of hydroxylamine groups is 2. The van der Waals surface area contributed by atoms with Crippen LogP contribution >= 0.6 is 0 Å². The van der Waals surface area contributed by atoms with Gasteiger partial charge in [0, 0.05) is 12.6 Å². The first-order valence-electron chi connectivity index (χ1n) is 8.42. The molecule has 0 saturated carbocycles. The molecule has 9 heteroatoms. The molecule has 1 aromatic carbocycles. The van der Waals surface area contributed by atoms with Crippen LogP contribution in [0.5, 0.6) is 5.75 Å². The minimum absolute atomic E-state index is 0.0980. The van der Waals surface area contributed by atoms with Crippen LogP contribution in [0.3, 0.4) is 0 Å². The fraction of sp³-hybridized carbons (Fsp3) is 0.368. The average molecular weight is 407 g/mol. The molecule has 1 unspecified atom stereocenters. The maximum absolute atomic E-state index is 11.7. The summed E-state index contributed by atoms with van der Waals surface area (Å²) in [6.07, 6.45) is 5.52. The van der Waals surface area contributed by atoms with Crippen molar-refractivity contribution in [2.75, 3.05) is 13.3 Å². The van der Waals surface area contributed by atoms with E-state index in [0.717, 1.165) is 6.26 Å². The fourth-order valence-electron chi connectivity index (χ4n) is 2.23. The highest BCUT2D eigenvalue weighted by atomic mass is 32.2. The first kappa shape index (κ1) is 23.4. The second kappa shape index (κ2) is 9.50. The van der Waals surface area contributed by atoms with Crippen LogP contribution in [0, 0.1) is 16.7 Å². The van der Waals surface area contributed by atoms with Crippen LogP contribution in [0.2, 0.25) is 0 Å². The summed E-state index contributed by atoms with van der Waals surface area (Å²) in [5, 5.41) is 18.7. The summed E-state index contributed by atoms with van der Waals surface area (Å²) in [5.41, 5.74) is -0.660. The normalized spacial score (nSPS) is 13.9. The highest BCUT2D eigenvalue weighted by Crippen LogP contribution is 2.22. The maximum Gasteiger partial charge on any atom is 0.238 e. The molecule has 1 rings (SSSR count). The molecule has 0 heterocycles. The Labute approximate surface area is 166 Å². The molecular formula is C19H26N4O4S. The van der Waals surface area contributed by atoms with E-state index in [1.807, 2.05) is 19.9 Å². The van der Waals surface area contributed by atoms with Crippen molar-refractivity contribution in [3.63, 3.8) is 0 Å². The van der Waals surface area contributed by atoms with E-state index in [2.05, 4.69) is 11.3 Å². The lowest BCUT2D eigenvalue weighted by Crippen LogP contribution is -2.56. The Morgan fingerprint density at radius 2 is 2.11 bits per heavy atom. The van der Waals surface area contributed by atoms with Gasteiger partial charge in [0.15, 0.2) is 0 Å². The Morgan fingerprint density at radius 3 is 2.61 bits per heavy atom. The number of rotatable bonds is 9. The van der Waals surface area contributed by atoms with Gasteiger partial charge in [-0.15, -0.1) is 5.06 Å². The van der Waals surface area contributed by atoms with Crippen LogP contribution in [0.15, 0.2) is 43.0 Å². The van der Waals surface area contributed by atoms with Crippen molar-refractivity contribution >= 4 is 15.9 Å². The molecule has 0 bridgehead atoms. The molecule has 0 radical (unpaired) electrons. The second-order valence-corrected chi connectivity index (χ2v) is 8.27. The number of nitrogens with one attached hydrogen (secondary N) is 2. The van der Waals surface area contributed by atoms with Crippen LogP contribution in [-0.4, -0.2) is 44.4 Å². The molecule has 0 spiro atoms. The zero-order valence-corrected chi connectivity index (χ0v) is 17.5. The predicted octanol–water partition coefficient (Wildman–Crippen LogP) is 2.54. The van der Waals surface area contributed by atoms with E-state index in [0.29, 0.717) is 11.3 Å². The van der Waals surface area contributed by atoms with Crippen LogP contribution in [0.4, 0.5) is 0 Å². The SMILES string of the molecule is C=C/C=C\C(C)(NS(C)(=O)=O)N(C)OC(=N)c1ccc(OC(C)C)c(C#N)c1. The standard InChI is InChI=1S/C19H26N4O4S/c1-7-8-11-19(4,22-28(6,24)25)23(5)27-18(21)15-9-10-17(26-14(2)3)16(12-15)13-20/h7-12,14,21-22H,1H2,2-6H3/b11-8-,21-18?. The molecule has 0 aliphatic rings. The number of hydrogen-bond donors (Lipinski definition) is 2. The zero-order valence-electron chi connectivity index (χ0n) is 16.7. The predicted molar refractivity (Wildman–Crippen MR) is 108 cm³/mol. The Bertz CT molecular complexity index is 903. The molecule has 2 N–H and O–H groups in total. The monoisotopic (exact) mass is 406 g/mol. The van der Waals surface area contributed by atoms with Crippen LogP contribution in [0.1, 0.15) is 31.9 Å². The molecule has 0 amide bonds. The van der Waals surface area contributed by atoms with Gasteiger partial charge in [0.1, 0.15) is 17.5 Å². The summed E-state index contributed by atoms with van der Waals surface area (Å²) in [6, 6.07) is 6.70. The van der Waals surface area contributed by atoms with Gasteiger partial charge in [-0.1, -0.05) is 18.7 Å². The number of benzene rings is 1. The third-order valence-corrected chi connectivity index (χ3v) is 4.34. The summed E-state index contributed by atoms with van der Waals surface area (Å²) in [7, 11) is -2.09. The molecular weight excluding hydrogens is 380 g/mol. The third-order valence-electron chi connectivity index (χ3n) is 3.56. The Hall–Kier alpha value is -2.67. The molecule has 0 fully saturated rings. The number of ether oxygens (including phenoxy) is 1. The molecule has 0 aromatic heterocycles. The molecule has 0 aliphatic heterocycles. The van der Waals surface area contributed by atoms with Crippen LogP contribution in [-0.2, 0) is 14.9 Å². The van der Waals surface area contributed by atoms with Crippen LogP contribution < -0.4 is 9.46 Å². The van der Waals surface area contributed by atoms with Gasteiger partial charge in [-0.05, 0) is 45.0 Å². The van der Waals surface area contributed by atoms with E-state index in [1.54, 1.807) is 25.1 Å². The summed E-state index contributed by atoms with van der Waals surface area (Å²) >= 11 is 0. The van der Waals surface area contributed by atoms with Gasteiger partial charge in [0.25, 0.3) is 0 Å². The lowest BCUT2D eigenvalue weighted by molar-refractivity contribution is -0.115. The lowest BCUT2D eigenvalue weighted by atomic mass is 10.1. The van der Waals surface area contributed by atoms with Crippen molar-refractivity contribution in [3.05, 3.63) is 54.1 Å². The lowest BCUT2D eigenvalue weighted by Gasteiger charge is -2.35. The van der Waals surface area contributed by atoms with E-state index >= 15 is 0 Å². The molecule has 0 saturated heterocycles. The largest absolute Gasteiger partial charge is 0.490 e. The minimum Gasteiger partial charge on any atom is -0.490 e. The third kappa shape index (κ3) is 6.81. The molecule has 1 atom stereocenters. The van der Waals surface area contributed by atoms with Crippen molar-refractivity contribution in [3.8, 4) is 11.8 Å². The number of likely N-dealkylation sites (N-methyl/N-ethyl adjacent to an activating group) is 1. The van der Waals surface area contributed by atoms with Crippen molar-refractivity contribution in [1.82, 2.24) is 9.79 Å². The van der Waals surface area contributed by atoms with Crippen molar-refractivity contribution < 1.29 is 18.0 Å². The highest BCUT2D eigenvalue weighted by Gasteiger charge is 2.32. The van der Waals surface area contributed by atoms with Gasteiger partial charge in [-0.25, -0.2) is 8.42 Å². The van der Waals surface area contributed by atoms with Gasteiger partial charge in [-0.2, -0.15) is 9.98 Å². The number of nitrogens with zero attached hydrogens (tertiary/aromatic N) is 2. The van der Waals surface area contributed by atoms with Crippen molar-refractivity contribution in [1.29, 1.82) is 10.7 Å². The first-order chi connectivity index (χ1) is 12.9. The minimum atomic E-state index is -3.57. The molecule has 28 heavy (non-hydrogen) atoms. The van der Waals surface area contributed by atoms with Gasteiger partial charge >= 0.3 is 0 Å². The van der Waals surface area contributed by atoms with Crippen LogP contribution in [0.25, 0.3) is 0 Å². The smallest absolute Gasteiger partial charge is 0.238 e. The number of sulfonamides is 1. The molecule has 1 aromatic rings. The number of nitriles is 1. The molecule has 0 aliphatic carbocycles. The Balaban J connectivity index is 3.11. The molecule has 152 valence electrons. The fourth-order valence-corrected chi connectivity index (χ4v) is 3.18. The van der Waals surface area contributed by atoms with Crippen molar-refractivity contribution in [2.45, 2.75) is 32.5 Å². The van der Waals surface area contributed by atoms with Gasteiger partial charge in [0.2, 0.25) is 15.9 Å². The van der Waals surface area contributed by atoms with Gasteiger partial charge in [0.05, 0.1) is 17.9 Å². The van der Waals surface area contributed by atoms with E-state index < -0.39 is 15.7 Å². The topological polar surface area (TPSA) is 116 Å². The quantitative estimate of drug-likeness (QED) is 0.214. The first-order valence-corrected chi connectivity index (χ1v) is 10.3. The zero-order chi connectivity index (χ0) is 21.5. The van der Waals surface area contributed by atoms with Crippen molar-refractivity contribution in [2.24, 2.45) is 0 Å². The second-order valence-electron chi connectivity index (χ2n) is 6.52. The average Bonchev–Trinajstić information content (AvgIpc) is 2.58. The van der Waals surface area contributed by atoms with Gasteiger partial charge in [-0.3, -0.25) is 5.41 Å². The highest BCUT2D eigenvalue weighted by molar-refractivity contribution is 7.88. The maximum atomic E-state index is 11.7. The summed E-state index contributed by atoms with van der Waals surface area (Å²) in [5.74, 6) is 0.156. The van der Waals surface area contributed by atoms with E-state index in [1.165, 1.54) is 30.3 Å². The Morgan fingerprint density at radius 1 is 1.46 bits per heavy atom. The number of hydrogen-bond acceptors (Lipinski definition) is 7. The van der Waals surface area contributed by atoms with E-state index in [4.69, 9.17) is 15.0 Å². The summed E-state index contributed by atoms with van der Waals surface area (Å²) in [6.45, 7) is 8.84.